The monoisotopic (exact) mass is 332 g/mol. The molecule has 6 nitrogen and oxygen atoms in total. The van der Waals surface area contributed by atoms with Gasteiger partial charge in [-0.1, -0.05) is 13.0 Å². The molecule has 130 valence electrons. The first-order valence-corrected chi connectivity index (χ1v) is 8.27. The van der Waals surface area contributed by atoms with Crippen LogP contribution < -0.4 is 5.32 Å². The summed E-state index contributed by atoms with van der Waals surface area (Å²) in [5.41, 5.74) is 1.09. The number of hydrogen-bond donors (Lipinski definition) is 1. The number of hydrogen-bond acceptors (Lipinski definition) is 4. The summed E-state index contributed by atoms with van der Waals surface area (Å²) in [4.78, 5) is 37.6. The fourth-order valence-electron chi connectivity index (χ4n) is 2.54. The molecule has 0 aliphatic heterocycles. The lowest BCUT2D eigenvalue weighted by Gasteiger charge is -2.25. The van der Waals surface area contributed by atoms with E-state index in [2.05, 4.69) is 5.32 Å². The summed E-state index contributed by atoms with van der Waals surface area (Å²) in [7, 11) is 0. The molecule has 0 saturated heterocycles. The lowest BCUT2D eigenvalue weighted by Crippen LogP contribution is -2.39. The van der Waals surface area contributed by atoms with E-state index in [1.165, 1.54) is 6.92 Å². The second-order valence-corrected chi connectivity index (χ2v) is 6.10. The first kappa shape index (κ1) is 18.0. The van der Waals surface area contributed by atoms with Gasteiger partial charge in [0.05, 0.1) is 12.5 Å². The first-order valence-electron chi connectivity index (χ1n) is 8.27. The number of nitrogens with one attached hydrogen (secondary N) is 1. The highest BCUT2D eigenvalue weighted by atomic mass is 16.5. The number of rotatable bonds is 7. The summed E-state index contributed by atoms with van der Waals surface area (Å²) in [6, 6.07) is 7.03. The van der Waals surface area contributed by atoms with Crippen molar-refractivity contribution in [3.05, 3.63) is 29.8 Å². The highest BCUT2D eigenvalue weighted by Gasteiger charge is 2.35. The lowest BCUT2D eigenvalue weighted by atomic mass is 10.1. The van der Waals surface area contributed by atoms with E-state index in [1.54, 1.807) is 43.0 Å². The van der Waals surface area contributed by atoms with Crippen LogP contribution in [0.2, 0.25) is 0 Å². The van der Waals surface area contributed by atoms with E-state index in [4.69, 9.17) is 4.74 Å². The van der Waals surface area contributed by atoms with Gasteiger partial charge in [0.1, 0.15) is 0 Å². The maximum Gasteiger partial charge on any atom is 0.310 e. The minimum Gasteiger partial charge on any atom is -0.466 e. The van der Waals surface area contributed by atoms with Gasteiger partial charge in [0.15, 0.2) is 0 Å². The molecule has 0 aromatic heterocycles. The van der Waals surface area contributed by atoms with Crippen LogP contribution in [-0.2, 0) is 14.3 Å². The molecule has 0 heterocycles. The van der Waals surface area contributed by atoms with Crippen molar-refractivity contribution < 1.29 is 19.1 Å². The maximum atomic E-state index is 12.8. The van der Waals surface area contributed by atoms with Gasteiger partial charge in [0.25, 0.3) is 5.91 Å². The normalized spacial score (nSPS) is 14.6. The molecule has 1 saturated carbocycles. The third-order valence-corrected chi connectivity index (χ3v) is 3.84. The molecule has 1 aromatic rings. The summed E-state index contributed by atoms with van der Waals surface area (Å²) < 4.78 is 5.03. The van der Waals surface area contributed by atoms with Crippen molar-refractivity contribution in [3.8, 4) is 0 Å². The van der Waals surface area contributed by atoms with Crippen LogP contribution in [0.3, 0.4) is 0 Å². The van der Waals surface area contributed by atoms with Gasteiger partial charge in [0, 0.05) is 30.8 Å². The zero-order valence-corrected chi connectivity index (χ0v) is 14.4. The molecule has 1 unspecified atom stereocenters. The van der Waals surface area contributed by atoms with Crippen molar-refractivity contribution in [1.29, 1.82) is 0 Å². The Kier molecular flexibility index (Phi) is 5.95. The topological polar surface area (TPSA) is 75.7 Å². The fraction of sp³-hybridized carbons (Fsp3) is 0.500. The second kappa shape index (κ2) is 7.95. The van der Waals surface area contributed by atoms with Crippen LogP contribution in [0.1, 0.15) is 44.0 Å². The second-order valence-electron chi connectivity index (χ2n) is 6.10. The molecule has 1 aliphatic carbocycles. The number of benzene rings is 1. The number of carbonyl (C=O) groups excluding carboxylic acids is 3. The van der Waals surface area contributed by atoms with E-state index in [-0.39, 0.29) is 29.7 Å². The lowest BCUT2D eigenvalue weighted by molar-refractivity contribution is -0.147. The average Bonchev–Trinajstić information content (AvgIpc) is 3.36. The number of ether oxygens (including phenoxy) is 1. The van der Waals surface area contributed by atoms with Crippen molar-refractivity contribution >= 4 is 23.5 Å². The van der Waals surface area contributed by atoms with Crippen LogP contribution in [-0.4, -0.2) is 41.9 Å². The summed E-state index contributed by atoms with van der Waals surface area (Å²) in [6.07, 6.45) is 1.90. The Morgan fingerprint density at radius 3 is 2.62 bits per heavy atom. The molecule has 6 heteroatoms. The average molecular weight is 332 g/mol. The Hall–Kier alpha value is -2.37. The van der Waals surface area contributed by atoms with Gasteiger partial charge in [-0.25, -0.2) is 0 Å². The Morgan fingerprint density at radius 2 is 2.04 bits per heavy atom. The van der Waals surface area contributed by atoms with Crippen molar-refractivity contribution in [2.24, 2.45) is 5.92 Å². The summed E-state index contributed by atoms with van der Waals surface area (Å²) in [5, 5.41) is 2.68. The number of nitrogens with zero attached hydrogens (tertiary/aromatic N) is 1. The van der Waals surface area contributed by atoms with E-state index >= 15 is 0 Å². The van der Waals surface area contributed by atoms with Crippen LogP contribution in [0, 0.1) is 5.92 Å². The Bertz CT molecular complexity index is 625. The molecular formula is C18H24N2O4. The van der Waals surface area contributed by atoms with Gasteiger partial charge in [0.2, 0.25) is 5.91 Å². The highest BCUT2D eigenvalue weighted by molar-refractivity contribution is 5.97. The van der Waals surface area contributed by atoms with E-state index in [1.807, 2.05) is 0 Å². The highest BCUT2D eigenvalue weighted by Crippen LogP contribution is 2.29. The standard InChI is InChI=1S/C18H24N2O4/c1-4-24-18(23)12(2)11-20(16-8-9-16)17(22)14-6-5-7-15(10-14)19-13(3)21/h5-7,10,12,16H,4,8-9,11H2,1-3H3,(H,19,21). The molecule has 2 rings (SSSR count). The number of carbonyl (C=O) groups is 3. The third kappa shape index (κ3) is 4.81. The molecular weight excluding hydrogens is 308 g/mol. The molecule has 1 N–H and O–H groups in total. The third-order valence-electron chi connectivity index (χ3n) is 3.84. The largest absolute Gasteiger partial charge is 0.466 e. The smallest absolute Gasteiger partial charge is 0.310 e. The Balaban J connectivity index is 2.12. The van der Waals surface area contributed by atoms with E-state index in [0.29, 0.717) is 24.4 Å². The fourth-order valence-corrected chi connectivity index (χ4v) is 2.54. The van der Waals surface area contributed by atoms with Gasteiger partial charge in [-0.2, -0.15) is 0 Å². The van der Waals surface area contributed by atoms with Crippen LogP contribution in [0.25, 0.3) is 0 Å². The Morgan fingerprint density at radius 1 is 1.33 bits per heavy atom. The van der Waals surface area contributed by atoms with Crippen LogP contribution >= 0.6 is 0 Å². The molecule has 24 heavy (non-hydrogen) atoms. The maximum absolute atomic E-state index is 12.8. The zero-order valence-electron chi connectivity index (χ0n) is 14.4. The molecule has 0 spiro atoms. The van der Waals surface area contributed by atoms with Crippen LogP contribution in [0.15, 0.2) is 24.3 Å². The summed E-state index contributed by atoms with van der Waals surface area (Å²) in [6.45, 7) is 5.63. The van der Waals surface area contributed by atoms with E-state index in [0.717, 1.165) is 12.8 Å². The molecule has 1 fully saturated rings. The number of anilines is 1. The minimum atomic E-state index is -0.368. The molecule has 0 bridgehead atoms. The van der Waals surface area contributed by atoms with Crippen molar-refractivity contribution in [2.45, 2.75) is 39.7 Å². The van der Waals surface area contributed by atoms with Gasteiger partial charge in [-0.05, 0) is 38.0 Å². The zero-order chi connectivity index (χ0) is 17.7. The predicted octanol–water partition coefficient (Wildman–Crippen LogP) is 2.45. The Labute approximate surface area is 142 Å². The summed E-state index contributed by atoms with van der Waals surface area (Å²) in [5.74, 6) is -0.966. The quantitative estimate of drug-likeness (QED) is 0.778. The van der Waals surface area contributed by atoms with Gasteiger partial charge >= 0.3 is 5.97 Å². The summed E-state index contributed by atoms with van der Waals surface area (Å²) >= 11 is 0. The van der Waals surface area contributed by atoms with E-state index < -0.39 is 0 Å². The van der Waals surface area contributed by atoms with Crippen LogP contribution in [0.4, 0.5) is 5.69 Å². The molecule has 1 aliphatic rings. The number of esters is 1. The minimum absolute atomic E-state index is 0.124. The van der Waals surface area contributed by atoms with Gasteiger partial charge in [-0.15, -0.1) is 0 Å². The van der Waals surface area contributed by atoms with E-state index in [9.17, 15) is 14.4 Å². The number of amides is 2. The van der Waals surface area contributed by atoms with Gasteiger partial charge in [-0.3, -0.25) is 14.4 Å². The molecule has 1 aromatic carbocycles. The molecule has 1 atom stereocenters. The molecule has 0 radical (unpaired) electrons. The molecule has 2 amide bonds. The van der Waals surface area contributed by atoms with Crippen molar-refractivity contribution in [1.82, 2.24) is 4.90 Å². The SMILES string of the molecule is CCOC(=O)C(C)CN(C(=O)c1cccc(NC(C)=O)c1)C1CC1. The van der Waals surface area contributed by atoms with Gasteiger partial charge < -0.3 is 15.0 Å². The van der Waals surface area contributed by atoms with Crippen molar-refractivity contribution in [2.75, 3.05) is 18.5 Å². The van der Waals surface area contributed by atoms with Crippen molar-refractivity contribution in [3.63, 3.8) is 0 Å². The van der Waals surface area contributed by atoms with Crippen LogP contribution in [0.5, 0.6) is 0 Å². The predicted molar refractivity (Wildman–Crippen MR) is 90.6 cm³/mol. The first-order chi connectivity index (χ1) is 11.4.